The molecule has 0 spiro atoms. The van der Waals surface area contributed by atoms with Gasteiger partial charge < -0.3 is 5.32 Å². The molecule has 16 heavy (non-hydrogen) atoms. The molecule has 0 saturated carbocycles. The summed E-state index contributed by atoms with van der Waals surface area (Å²) >= 11 is 0. The second-order valence-corrected chi connectivity index (χ2v) is 4.51. The lowest BCUT2D eigenvalue weighted by molar-refractivity contribution is 0.464. The van der Waals surface area contributed by atoms with Crippen LogP contribution in [-0.2, 0) is 6.42 Å². The molecule has 1 rings (SSSR count). The van der Waals surface area contributed by atoms with E-state index in [-0.39, 0.29) is 0 Å². The first-order chi connectivity index (χ1) is 7.49. The summed E-state index contributed by atoms with van der Waals surface area (Å²) in [6, 6.07) is 4.93. The van der Waals surface area contributed by atoms with E-state index in [1.165, 1.54) is 12.1 Å². The maximum Gasteiger partial charge on any atom is 0.159 e. The van der Waals surface area contributed by atoms with Crippen LogP contribution in [0.2, 0.25) is 0 Å². The summed E-state index contributed by atoms with van der Waals surface area (Å²) in [7, 11) is 0. The highest BCUT2D eigenvalue weighted by atomic mass is 19.2. The van der Waals surface area contributed by atoms with E-state index in [1.54, 1.807) is 6.07 Å². The molecule has 1 nitrogen and oxygen atoms in total. The van der Waals surface area contributed by atoms with Crippen LogP contribution < -0.4 is 5.32 Å². The van der Waals surface area contributed by atoms with E-state index in [0.29, 0.717) is 12.1 Å². The van der Waals surface area contributed by atoms with Crippen molar-refractivity contribution in [2.24, 2.45) is 0 Å². The third-order valence-corrected chi connectivity index (χ3v) is 2.47. The van der Waals surface area contributed by atoms with Crippen LogP contribution in [0, 0.1) is 11.6 Å². The number of nitrogens with one attached hydrogen (secondary N) is 1. The average Bonchev–Trinajstić information content (AvgIpc) is 2.19. The smallest absolute Gasteiger partial charge is 0.159 e. The molecule has 0 saturated heterocycles. The van der Waals surface area contributed by atoms with E-state index in [0.717, 1.165) is 18.4 Å². The molecule has 0 aliphatic heterocycles. The lowest BCUT2D eigenvalue weighted by Gasteiger charge is -2.16. The molecular formula is C13H19F2N. The zero-order valence-electron chi connectivity index (χ0n) is 10.1. The van der Waals surface area contributed by atoms with Gasteiger partial charge in [0.2, 0.25) is 0 Å². The molecule has 0 amide bonds. The lowest BCUT2D eigenvalue weighted by Crippen LogP contribution is -2.32. The van der Waals surface area contributed by atoms with Crippen LogP contribution in [0.4, 0.5) is 8.78 Å². The average molecular weight is 227 g/mol. The van der Waals surface area contributed by atoms with Gasteiger partial charge in [0.15, 0.2) is 11.6 Å². The van der Waals surface area contributed by atoms with Crippen LogP contribution in [0.1, 0.15) is 32.8 Å². The summed E-state index contributed by atoms with van der Waals surface area (Å²) in [6.07, 6.45) is 1.68. The molecule has 90 valence electrons. The van der Waals surface area contributed by atoms with Crippen molar-refractivity contribution in [2.75, 3.05) is 0 Å². The second-order valence-electron chi connectivity index (χ2n) is 4.51. The van der Waals surface area contributed by atoms with E-state index in [9.17, 15) is 8.78 Å². The van der Waals surface area contributed by atoms with E-state index in [4.69, 9.17) is 0 Å². The topological polar surface area (TPSA) is 12.0 Å². The molecule has 1 aromatic carbocycles. The van der Waals surface area contributed by atoms with Crippen molar-refractivity contribution in [3.05, 3.63) is 35.4 Å². The van der Waals surface area contributed by atoms with Gasteiger partial charge in [-0.15, -0.1) is 0 Å². The van der Waals surface area contributed by atoms with Crippen molar-refractivity contribution in [3.8, 4) is 0 Å². The summed E-state index contributed by atoms with van der Waals surface area (Å²) in [5, 5.41) is 3.37. The van der Waals surface area contributed by atoms with Gasteiger partial charge in [0.05, 0.1) is 0 Å². The molecule has 0 aliphatic carbocycles. The minimum atomic E-state index is -0.780. The minimum Gasteiger partial charge on any atom is -0.312 e. The van der Waals surface area contributed by atoms with Crippen LogP contribution in [0.5, 0.6) is 0 Å². The van der Waals surface area contributed by atoms with E-state index in [1.807, 2.05) is 0 Å². The van der Waals surface area contributed by atoms with Gasteiger partial charge in [0.1, 0.15) is 0 Å². The normalized spacial score (nSPS) is 13.1. The highest BCUT2D eigenvalue weighted by molar-refractivity contribution is 5.17. The summed E-state index contributed by atoms with van der Waals surface area (Å²) in [6.45, 7) is 6.28. The maximum absolute atomic E-state index is 12.9. The van der Waals surface area contributed by atoms with Crippen molar-refractivity contribution >= 4 is 0 Å². The number of benzene rings is 1. The zero-order valence-corrected chi connectivity index (χ0v) is 10.1. The van der Waals surface area contributed by atoms with Gasteiger partial charge in [-0.1, -0.05) is 19.9 Å². The molecule has 1 unspecified atom stereocenters. The molecule has 0 bridgehead atoms. The summed E-state index contributed by atoms with van der Waals surface area (Å²) < 4.78 is 25.6. The van der Waals surface area contributed by atoms with Crippen LogP contribution in [-0.4, -0.2) is 12.1 Å². The first-order valence-corrected chi connectivity index (χ1v) is 5.69. The molecule has 0 fully saturated rings. The fourth-order valence-corrected chi connectivity index (χ4v) is 1.73. The number of halogens is 2. The highest BCUT2D eigenvalue weighted by Gasteiger charge is 2.06. The predicted octanol–water partition coefficient (Wildman–Crippen LogP) is 3.28. The first-order valence-electron chi connectivity index (χ1n) is 5.69. The fourth-order valence-electron chi connectivity index (χ4n) is 1.73. The molecule has 0 aromatic heterocycles. The summed E-state index contributed by atoms with van der Waals surface area (Å²) in [5.74, 6) is -1.54. The zero-order chi connectivity index (χ0) is 12.1. The van der Waals surface area contributed by atoms with E-state index >= 15 is 0 Å². The minimum absolute atomic E-state index is 0.383. The standard InChI is InChI=1S/C13H19F2N/c1-9(2)16-10(3)4-5-11-6-7-12(14)13(15)8-11/h6-10,16H,4-5H2,1-3H3. The van der Waals surface area contributed by atoms with Gasteiger partial charge in [-0.25, -0.2) is 8.78 Å². The summed E-state index contributed by atoms with van der Waals surface area (Å²) in [4.78, 5) is 0. The SMILES string of the molecule is CC(C)NC(C)CCc1ccc(F)c(F)c1. The van der Waals surface area contributed by atoms with Gasteiger partial charge in [-0.2, -0.15) is 0 Å². The number of hydrogen-bond acceptors (Lipinski definition) is 1. The van der Waals surface area contributed by atoms with Gasteiger partial charge in [-0.05, 0) is 37.5 Å². The monoisotopic (exact) mass is 227 g/mol. The number of rotatable bonds is 5. The highest BCUT2D eigenvalue weighted by Crippen LogP contribution is 2.11. The Bertz CT molecular complexity index is 337. The molecular weight excluding hydrogens is 208 g/mol. The van der Waals surface area contributed by atoms with Crippen molar-refractivity contribution in [1.29, 1.82) is 0 Å². The molecule has 1 aromatic rings. The Morgan fingerprint density at radius 2 is 1.81 bits per heavy atom. The van der Waals surface area contributed by atoms with Gasteiger partial charge >= 0.3 is 0 Å². The molecule has 0 heterocycles. The Labute approximate surface area is 95.9 Å². The Balaban J connectivity index is 2.45. The third kappa shape index (κ3) is 4.27. The summed E-state index contributed by atoms with van der Waals surface area (Å²) in [5.41, 5.74) is 0.844. The van der Waals surface area contributed by atoms with Gasteiger partial charge in [0.25, 0.3) is 0 Å². The van der Waals surface area contributed by atoms with Crippen LogP contribution in [0.15, 0.2) is 18.2 Å². The fraction of sp³-hybridized carbons (Fsp3) is 0.538. The molecule has 3 heteroatoms. The Morgan fingerprint density at radius 1 is 1.12 bits per heavy atom. The van der Waals surface area contributed by atoms with Crippen LogP contribution >= 0.6 is 0 Å². The molecule has 1 N–H and O–H groups in total. The Morgan fingerprint density at radius 3 is 2.38 bits per heavy atom. The van der Waals surface area contributed by atoms with Crippen molar-refractivity contribution in [2.45, 2.75) is 45.7 Å². The molecule has 1 atom stereocenters. The maximum atomic E-state index is 12.9. The largest absolute Gasteiger partial charge is 0.312 e. The second kappa shape index (κ2) is 5.94. The van der Waals surface area contributed by atoms with Crippen LogP contribution in [0.25, 0.3) is 0 Å². The quantitative estimate of drug-likeness (QED) is 0.814. The predicted molar refractivity (Wildman–Crippen MR) is 62.4 cm³/mol. The lowest BCUT2D eigenvalue weighted by atomic mass is 10.1. The van der Waals surface area contributed by atoms with E-state index in [2.05, 4.69) is 26.1 Å². The van der Waals surface area contributed by atoms with Crippen molar-refractivity contribution in [3.63, 3.8) is 0 Å². The third-order valence-electron chi connectivity index (χ3n) is 2.47. The first kappa shape index (κ1) is 13.1. The molecule has 0 radical (unpaired) electrons. The van der Waals surface area contributed by atoms with Crippen molar-refractivity contribution in [1.82, 2.24) is 5.32 Å². The Kier molecular flexibility index (Phi) is 4.87. The van der Waals surface area contributed by atoms with Crippen LogP contribution in [0.3, 0.4) is 0 Å². The van der Waals surface area contributed by atoms with Crippen molar-refractivity contribution < 1.29 is 8.78 Å². The number of hydrogen-bond donors (Lipinski definition) is 1. The van der Waals surface area contributed by atoms with Gasteiger partial charge in [-0.3, -0.25) is 0 Å². The Hall–Kier alpha value is -0.960. The van der Waals surface area contributed by atoms with Gasteiger partial charge in [0, 0.05) is 12.1 Å². The molecule has 0 aliphatic rings. The number of aryl methyl sites for hydroxylation is 1. The van der Waals surface area contributed by atoms with E-state index < -0.39 is 11.6 Å².